The molecule has 0 spiro atoms. The Labute approximate surface area is 227 Å². The standard InChI is InChI=1S/C27H31Cl2N5O3/c1-27(2,3)37-26(35)32-20-6-4-5-18(15-20)7-8-19-16-21(31-24-22(28)17-30-25(29)33-24)9-10-23(19)34-11-13-36-14-12-34/h4-6,9-10,15-17H,7-8,11-14H2,1-3H3,(H,32,35)(H,30,31,33). The number of ether oxygens (including phenoxy) is 2. The molecule has 2 heterocycles. The third-order valence-electron chi connectivity index (χ3n) is 5.66. The first-order chi connectivity index (χ1) is 17.7. The highest BCUT2D eigenvalue weighted by atomic mass is 35.5. The Hall–Kier alpha value is -3.07. The molecule has 196 valence electrons. The van der Waals surface area contributed by atoms with Gasteiger partial charge in [-0.3, -0.25) is 5.32 Å². The number of amides is 1. The largest absolute Gasteiger partial charge is 0.444 e. The number of benzene rings is 2. The summed E-state index contributed by atoms with van der Waals surface area (Å²) in [5.74, 6) is 0.452. The van der Waals surface area contributed by atoms with Gasteiger partial charge in [-0.25, -0.2) is 9.78 Å². The Kier molecular flexibility index (Phi) is 8.74. The summed E-state index contributed by atoms with van der Waals surface area (Å²) in [6.07, 6.45) is 2.57. The lowest BCUT2D eigenvalue weighted by molar-refractivity contribution is 0.0636. The predicted molar refractivity (Wildman–Crippen MR) is 149 cm³/mol. The van der Waals surface area contributed by atoms with Crippen LogP contribution in [0.15, 0.2) is 48.7 Å². The quantitative estimate of drug-likeness (QED) is 0.329. The monoisotopic (exact) mass is 543 g/mol. The van der Waals surface area contributed by atoms with Gasteiger partial charge in [-0.15, -0.1) is 0 Å². The average molecular weight is 544 g/mol. The van der Waals surface area contributed by atoms with E-state index in [9.17, 15) is 4.79 Å². The molecule has 3 aromatic rings. The van der Waals surface area contributed by atoms with E-state index in [4.69, 9.17) is 32.7 Å². The van der Waals surface area contributed by atoms with E-state index in [0.29, 0.717) is 29.7 Å². The first-order valence-corrected chi connectivity index (χ1v) is 12.9. The maximum absolute atomic E-state index is 12.2. The summed E-state index contributed by atoms with van der Waals surface area (Å²) in [7, 11) is 0. The summed E-state index contributed by atoms with van der Waals surface area (Å²) in [4.78, 5) is 22.6. The van der Waals surface area contributed by atoms with Crippen molar-refractivity contribution < 1.29 is 14.3 Å². The van der Waals surface area contributed by atoms with Crippen LogP contribution in [0.25, 0.3) is 0 Å². The third-order valence-corrected chi connectivity index (χ3v) is 6.12. The fourth-order valence-corrected chi connectivity index (χ4v) is 4.32. The smallest absolute Gasteiger partial charge is 0.412 e. The number of nitrogens with one attached hydrogen (secondary N) is 2. The number of morpholine rings is 1. The van der Waals surface area contributed by atoms with Crippen molar-refractivity contribution in [1.82, 2.24) is 9.97 Å². The molecule has 8 nitrogen and oxygen atoms in total. The summed E-state index contributed by atoms with van der Waals surface area (Å²) in [5, 5.41) is 6.59. The van der Waals surface area contributed by atoms with Crippen LogP contribution in [0.2, 0.25) is 10.3 Å². The number of hydrogen-bond acceptors (Lipinski definition) is 7. The maximum atomic E-state index is 12.2. The second-order valence-electron chi connectivity index (χ2n) is 9.73. The lowest BCUT2D eigenvalue weighted by Gasteiger charge is -2.31. The summed E-state index contributed by atoms with van der Waals surface area (Å²) in [6, 6.07) is 14.0. The van der Waals surface area contributed by atoms with Gasteiger partial charge in [0.25, 0.3) is 0 Å². The normalized spacial score (nSPS) is 13.8. The Morgan fingerprint density at radius 2 is 1.86 bits per heavy atom. The molecule has 0 atom stereocenters. The SMILES string of the molecule is CC(C)(C)OC(=O)Nc1cccc(CCc2cc(Nc3nc(Cl)ncc3Cl)ccc2N2CCOCC2)c1. The van der Waals surface area contributed by atoms with Crippen LogP contribution in [0.5, 0.6) is 0 Å². The van der Waals surface area contributed by atoms with E-state index in [1.807, 2.05) is 45.0 Å². The van der Waals surface area contributed by atoms with E-state index >= 15 is 0 Å². The van der Waals surface area contributed by atoms with Crippen LogP contribution in [0.1, 0.15) is 31.9 Å². The van der Waals surface area contributed by atoms with Crippen molar-refractivity contribution in [2.45, 2.75) is 39.2 Å². The molecule has 1 aliphatic heterocycles. The zero-order valence-corrected chi connectivity index (χ0v) is 22.7. The summed E-state index contributed by atoms with van der Waals surface area (Å²) < 4.78 is 10.9. The molecule has 1 saturated heterocycles. The highest BCUT2D eigenvalue weighted by Gasteiger charge is 2.18. The number of anilines is 4. The van der Waals surface area contributed by atoms with E-state index in [-0.39, 0.29) is 5.28 Å². The van der Waals surface area contributed by atoms with Gasteiger partial charge in [0.2, 0.25) is 5.28 Å². The molecule has 0 bridgehead atoms. The molecular formula is C27H31Cl2N5O3. The molecular weight excluding hydrogens is 513 g/mol. The number of hydrogen-bond donors (Lipinski definition) is 2. The lowest BCUT2D eigenvalue weighted by atomic mass is 10.0. The van der Waals surface area contributed by atoms with Crippen molar-refractivity contribution in [3.05, 3.63) is 70.1 Å². The molecule has 1 aliphatic rings. The molecule has 37 heavy (non-hydrogen) atoms. The molecule has 1 amide bonds. The molecule has 2 aromatic carbocycles. The number of halogens is 2. The Bertz CT molecular complexity index is 1240. The predicted octanol–water partition coefficient (Wildman–Crippen LogP) is 6.50. The first kappa shape index (κ1) is 27.0. The first-order valence-electron chi connectivity index (χ1n) is 12.2. The van der Waals surface area contributed by atoms with E-state index in [1.165, 1.54) is 17.4 Å². The zero-order chi connectivity index (χ0) is 26.4. The Morgan fingerprint density at radius 3 is 2.62 bits per heavy atom. The van der Waals surface area contributed by atoms with Gasteiger partial charge in [-0.1, -0.05) is 23.7 Å². The Morgan fingerprint density at radius 1 is 1.08 bits per heavy atom. The van der Waals surface area contributed by atoms with E-state index in [1.54, 1.807) is 0 Å². The van der Waals surface area contributed by atoms with Crippen LogP contribution < -0.4 is 15.5 Å². The summed E-state index contributed by atoms with van der Waals surface area (Å²) in [5.41, 5.74) is 4.44. The minimum atomic E-state index is -0.558. The van der Waals surface area contributed by atoms with E-state index in [2.05, 4.69) is 43.7 Å². The van der Waals surface area contributed by atoms with Crippen molar-refractivity contribution in [3.63, 3.8) is 0 Å². The van der Waals surface area contributed by atoms with Gasteiger partial charge in [0.15, 0.2) is 5.82 Å². The highest BCUT2D eigenvalue weighted by Crippen LogP contribution is 2.30. The van der Waals surface area contributed by atoms with Gasteiger partial charge < -0.3 is 19.7 Å². The van der Waals surface area contributed by atoms with Crippen LogP contribution in [0.3, 0.4) is 0 Å². The third kappa shape index (κ3) is 7.95. The van der Waals surface area contributed by atoms with Gasteiger partial charge in [0.1, 0.15) is 10.6 Å². The number of carbonyl (C=O) groups excluding carboxylic acids is 1. The molecule has 4 rings (SSSR count). The number of aryl methyl sites for hydroxylation is 2. The van der Waals surface area contributed by atoms with Crippen molar-refractivity contribution in [3.8, 4) is 0 Å². The molecule has 1 aromatic heterocycles. The van der Waals surface area contributed by atoms with Crippen LogP contribution in [0, 0.1) is 0 Å². The molecule has 2 N–H and O–H groups in total. The Balaban J connectivity index is 1.53. The molecule has 0 saturated carbocycles. The fraction of sp³-hybridized carbons (Fsp3) is 0.370. The van der Waals surface area contributed by atoms with Crippen LogP contribution >= 0.6 is 23.2 Å². The van der Waals surface area contributed by atoms with Crippen molar-refractivity contribution in [2.75, 3.05) is 41.8 Å². The molecule has 0 radical (unpaired) electrons. The molecule has 1 fully saturated rings. The molecule has 0 unspecified atom stereocenters. The highest BCUT2D eigenvalue weighted by molar-refractivity contribution is 6.33. The fourth-order valence-electron chi connectivity index (χ4n) is 4.05. The van der Waals surface area contributed by atoms with Crippen LogP contribution in [0.4, 0.5) is 27.7 Å². The second kappa shape index (κ2) is 12.0. The maximum Gasteiger partial charge on any atom is 0.412 e. The number of carbonyl (C=O) groups is 1. The van der Waals surface area contributed by atoms with Crippen LogP contribution in [-0.4, -0.2) is 48.0 Å². The number of nitrogens with zero attached hydrogens (tertiary/aromatic N) is 3. The van der Waals surface area contributed by atoms with Gasteiger partial charge in [-0.05, 0) is 86.7 Å². The van der Waals surface area contributed by atoms with Gasteiger partial charge in [-0.2, -0.15) is 4.98 Å². The van der Waals surface area contributed by atoms with Gasteiger partial charge >= 0.3 is 6.09 Å². The van der Waals surface area contributed by atoms with E-state index < -0.39 is 11.7 Å². The van der Waals surface area contributed by atoms with Crippen molar-refractivity contribution in [2.24, 2.45) is 0 Å². The topological polar surface area (TPSA) is 88.6 Å². The molecule has 10 heteroatoms. The van der Waals surface area contributed by atoms with Gasteiger partial charge in [0, 0.05) is 30.2 Å². The number of aromatic nitrogens is 2. The average Bonchev–Trinajstić information content (AvgIpc) is 2.85. The van der Waals surface area contributed by atoms with Gasteiger partial charge in [0.05, 0.1) is 19.4 Å². The minimum Gasteiger partial charge on any atom is -0.444 e. The molecule has 0 aliphatic carbocycles. The van der Waals surface area contributed by atoms with Crippen molar-refractivity contribution >= 4 is 52.2 Å². The second-order valence-corrected chi connectivity index (χ2v) is 10.5. The summed E-state index contributed by atoms with van der Waals surface area (Å²) in [6.45, 7) is 8.59. The zero-order valence-electron chi connectivity index (χ0n) is 21.2. The van der Waals surface area contributed by atoms with Crippen LogP contribution in [-0.2, 0) is 22.3 Å². The summed E-state index contributed by atoms with van der Waals surface area (Å²) >= 11 is 12.2. The van der Waals surface area contributed by atoms with Crippen molar-refractivity contribution in [1.29, 1.82) is 0 Å². The minimum absolute atomic E-state index is 0.122. The van der Waals surface area contributed by atoms with E-state index in [0.717, 1.165) is 37.2 Å². The number of rotatable bonds is 7. The lowest BCUT2D eigenvalue weighted by Crippen LogP contribution is -2.36.